The summed E-state index contributed by atoms with van der Waals surface area (Å²) in [4.78, 5) is 21.2. The van der Waals surface area contributed by atoms with Gasteiger partial charge in [0.05, 0.1) is 0 Å². The molecule has 0 aliphatic carbocycles. The summed E-state index contributed by atoms with van der Waals surface area (Å²) in [5.74, 6) is -57.6. The molecule has 0 saturated carbocycles. The highest BCUT2D eigenvalue weighted by molar-refractivity contribution is 7.90. The van der Waals surface area contributed by atoms with Gasteiger partial charge in [0.1, 0.15) is 0 Å². The van der Waals surface area contributed by atoms with E-state index < -0.39 is 98.0 Å². The molecule has 0 aromatic heterocycles. The van der Waals surface area contributed by atoms with E-state index in [1.807, 2.05) is 0 Å². The maximum absolute atomic E-state index is 14.7. The molecule has 1 rings (SSSR count). The number of carbonyl (C=O) groups is 2. The van der Waals surface area contributed by atoms with Crippen molar-refractivity contribution >= 4 is 21.9 Å². The first kappa shape index (κ1) is 43.0. The van der Waals surface area contributed by atoms with Gasteiger partial charge in [-0.2, -0.15) is 101 Å². The molecule has 1 saturated heterocycles. The summed E-state index contributed by atoms with van der Waals surface area (Å²) in [5, 5.41) is -8.70. The van der Waals surface area contributed by atoms with Gasteiger partial charge in [-0.05, 0) is 6.08 Å². The summed E-state index contributed by atoms with van der Waals surface area (Å²) < 4.78 is 319. The van der Waals surface area contributed by atoms with Crippen LogP contribution in [-0.4, -0.2) is 96.4 Å². The van der Waals surface area contributed by atoms with E-state index in [0.717, 1.165) is 6.08 Å². The number of nitrogens with two attached hydrogens (primary N) is 1. The van der Waals surface area contributed by atoms with E-state index in [4.69, 9.17) is 0 Å². The number of rotatable bonds is 7. The summed E-state index contributed by atoms with van der Waals surface area (Å²) in [6.07, 6.45) is -23.1. The van der Waals surface area contributed by atoms with Crippen molar-refractivity contribution in [3.05, 3.63) is 12.7 Å². The fourth-order valence-electron chi connectivity index (χ4n) is 2.92. The fourth-order valence-corrected chi connectivity index (χ4v) is 4.38. The Morgan fingerprint density at radius 2 is 1.09 bits per heavy atom. The van der Waals surface area contributed by atoms with Gasteiger partial charge in [0.15, 0.2) is 0 Å². The maximum atomic E-state index is 14.7. The van der Waals surface area contributed by atoms with E-state index in [1.54, 1.807) is 4.74 Å². The minimum atomic E-state index is -9.50. The van der Waals surface area contributed by atoms with Crippen molar-refractivity contribution in [2.75, 3.05) is 7.05 Å². The smallest absolute Gasteiger partial charge is 0.394 e. The first-order valence-electron chi connectivity index (χ1n) is 9.85. The number of alkyl halides is 22. The number of halogens is 22. The van der Waals surface area contributed by atoms with Gasteiger partial charge in [-0.25, -0.2) is 13.2 Å². The first-order chi connectivity index (χ1) is 19.6. The Bertz CT molecular complexity index is 1320. The standard InChI is InChI=1S/C13H3F22NO4S.C3H5NO/c1-36(41(38,39)13(34,35)9(24,25)7(20,21)11(29,30)31)3(5(16,17)10(26,27)28)2(37)40-12(32,33)8(22,23)6(18,19)4(3,14)15;1-2-3(4)5/h1H3;2H,1H2,(H2,4,5). The Kier molecular flexibility index (Phi) is 10.3. The molecule has 1 heterocycles. The van der Waals surface area contributed by atoms with Gasteiger partial charge < -0.3 is 10.5 Å². The lowest BCUT2D eigenvalue weighted by molar-refractivity contribution is -0.418. The second-order valence-electron chi connectivity index (χ2n) is 8.15. The van der Waals surface area contributed by atoms with Crippen LogP contribution in [0.1, 0.15) is 0 Å². The number of hydrogen-bond acceptors (Lipinski definition) is 5. The molecule has 7 nitrogen and oxygen atoms in total. The van der Waals surface area contributed by atoms with Crippen molar-refractivity contribution in [3.63, 3.8) is 0 Å². The minimum Gasteiger partial charge on any atom is -0.394 e. The lowest BCUT2D eigenvalue weighted by Gasteiger charge is -2.48. The minimum absolute atomic E-state index is 0.481. The van der Waals surface area contributed by atoms with Crippen molar-refractivity contribution < 1.29 is 119 Å². The maximum Gasteiger partial charge on any atom is 0.473 e. The van der Waals surface area contributed by atoms with Gasteiger partial charge in [-0.15, -0.1) is 0 Å². The molecule has 1 atom stereocenters. The SMILES string of the molecule is C=CC(N)=O.CN(C1(C(F)(F)C(F)(F)F)C(=O)OC(F)(F)C(F)(F)C(F)(F)C1(F)F)S(=O)(=O)C(F)(F)C(F)(F)C(F)(F)C(F)(F)F. The first-order valence-corrected chi connectivity index (χ1v) is 11.3. The summed E-state index contributed by atoms with van der Waals surface area (Å²) in [6, 6.07) is 0. The molecule has 272 valence electrons. The van der Waals surface area contributed by atoms with Gasteiger partial charge >= 0.3 is 65.2 Å². The molecule has 0 bridgehead atoms. The number of nitrogens with zero attached hydrogens (tertiary/aromatic N) is 1. The van der Waals surface area contributed by atoms with Crippen LogP contribution in [0.3, 0.4) is 0 Å². The zero-order valence-electron chi connectivity index (χ0n) is 20.6. The van der Waals surface area contributed by atoms with Crippen LogP contribution in [0.15, 0.2) is 12.7 Å². The normalized spacial score (nSPS) is 23.9. The molecular weight excluding hydrogens is 750 g/mol. The molecule has 30 heteroatoms. The molecule has 0 aromatic rings. The number of hydrogen-bond donors (Lipinski definition) is 1. The summed E-state index contributed by atoms with van der Waals surface area (Å²) in [7, 11) is -11.5. The summed E-state index contributed by atoms with van der Waals surface area (Å²) >= 11 is 0. The highest BCUT2D eigenvalue weighted by Crippen LogP contribution is 2.66. The van der Waals surface area contributed by atoms with E-state index in [-0.39, 0.29) is 0 Å². The number of esters is 1. The van der Waals surface area contributed by atoms with Gasteiger partial charge in [0.25, 0.3) is 15.6 Å². The lowest BCUT2D eigenvalue weighted by Crippen LogP contribution is -2.82. The number of ether oxygens (including phenoxy) is 1. The fraction of sp³-hybridized carbons (Fsp3) is 0.750. The van der Waals surface area contributed by atoms with E-state index in [1.165, 1.54) is 0 Å². The van der Waals surface area contributed by atoms with Crippen molar-refractivity contribution in [2.24, 2.45) is 5.73 Å². The summed E-state index contributed by atoms with van der Waals surface area (Å²) in [5.41, 5.74) is -3.86. The number of cyclic esters (lactones) is 1. The van der Waals surface area contributed by atoms with E-state index in [9.17, 15) is 115 Å². The zero-order chi connectivity index (χ0) is 38.1. The third-order valence-electron chi connectivity index (χ3n) is 5.41. The number of primary amides is 1. The van der Waals surface area contributed by atoms with E-state index in [2.05, 4.69) is 12.3 Å². The Labute approximate surface area is 236 Å². The molecule has 1 unspecified atom stereocenters. The highest BCUT2D eigenvalue weighted by Gasteiger charge is 3.00. The van der Waals surface area contributed by atoms with Crippen molar-refractivity contribution in [2.45, 2.75) is 64.8 Å². The highest BCUT2D eigenvalue weighted by atomic mass is 32.2. The second kappa shape index (κ2) is 11.1. The van der Waals surface area contributed by atoms with Gasteiger partial charge in [0, 0.05) is 7.05 Å². The van der Waals surface area contributed by atoms with Crippen LogP contribution in [0.5, 0.6) is 0 Å². The third-order valence-corrected chi connectivity index (χ3v) is 7.31. The molecule has 1 aliphatic rings. The second-order valence-corrected chi connectivity index (χ2v) is 10.2. The van der Waals surface area contributed by atoms with Crippen LogP contribution in [0, 0.1) is 0 Å². The topological polar surface area (TPSA) is 107 Å². The molecule has 0 aromatic carbocycles. The van der Waals surface area contributed by atoms with Gasteiger partial charge in [-0.3, -0.25) is 4.79 Å². The molecule has 1 aliphatic heterocycles. The third kappa shape index (κ3) is 5.24. The molecule has 46 heavy (non-hydrogen) atoms. The number of amides is 1. The van der Waals surface area contributed by atoms with Crippen molar-refractivity contribution in [1.82, 2.24) is 4.31 Å². The van der Waals surface area contributed by atoms with Crippen LogP contribution in [0.25, 0.3) is 0 Å². The van der Waals surface area contributed by atoms with Crippen molar-refractivity contribution in [1.29, 1.82) is 0 Å². The lowest BCUT2D eigenvalue weighted by atomic mass is 9.79. The molecule has 0 spiro atoms. The van der Waals surface area contributed by atoms with Gasteiger partial charge in [0.2, 0.25) is 5.91 Å². The van der Waals surface area contributed by atoms with Crippen molar-refractivity contribution in [3.8, 4) is 0 Å². The van der Waals surface area contributed by atoms with Crippen LogP contribution < -0.4 is 5.73 Å². The summed E-state index contributed by atoms with van der Waals surface area (Å²) in [6.45, 7) is 3.09. The van der Waals surface area contributed by atoms with E-state index >= 15 is 0 Å². The Morgan fingerprint density at radius 3 is 1.37 bits per heavy atom. The molecule has 2 N–H and O–H groups in total. The largest absolute Gasteiger partial charge is 0.473 e. The Morgan fingerprint density at radius 1 is 0.739 bits per heavy atom. The molecule has 1 amide bonds. The predicted octanol–water partition coefficient (Wildman–Crippen LogP) is 5.32. The Balaban J connectivity index is 0.00000373. The quantitative estimate of drug-likeness (QED) is 0.215. The van der Waals surface area contributed by atoms with Crippen LogP contribution >= 0.6 is 0 Å². The van der Waals surface area contributed by atoms with E-state index in [0.29, 0.717) is 0 Å². The zero-order valence-corrected chi connectivity index (χ0v) is 21.4. The van der Waals surface area contributed by atoms with Crippen LogP contribution in [-0.2, 0) is 24.3 Å². The molecule has 1 fully saturated rings. The van der Waals surface area contributed by atoms with Crippen LogP contribution in [0.4, 0.5) is 96.6 Å². The van der Waals surface area contributed by atoms with Crippen LogP contribution in [0.2, 0.25) is 0 Å². The monoisotopic (exact) mass is 758 g/mol. The average molecular weight is 758 g/mol. The molecule has 0 radical (unpaired) electrons. The number of likely N-dealkylation sites (N-methyl/N-ethyl adjacent to an activating group) is 1. The number of sulfonamides is 1. The Hall–Kier alpha value is -2.95. The number of carbonyl (C=O) groups excluding carboxylic acids is 2. The average Bonchev–Trinajstić information content (AvgIpc) is 2.83. The predicted molar refractivity (Wildman–Crippen MR) is 96.6 cm³/mol. The van der Waals surface area contributed by atoms with Gasteiger partial charge in [-0.1, -0.05) is 6.58 Å². The molecular formula is C16H8F22N2O5S.